The lowest BCUT2D eigenvalue weighted by Gasteiger charge is -2.08. The van der Waals surface area contributed by atoms with Gasteiger partial charge in [-0.25, -0.2) is 0 Å². The number of para-hydroxylation sites is 1. The van der Waals surface area contributed by atoms with Gasteiger partial charge in [-0.05, 0) is 35.6 Å². The van der Waals surface area contributed by atoms with Crippen molar-refractivity contribution in [2.24, 2.45) is 5.92 Å². The van der Waals surface area contributed by atoms with Crippen molar-refractivity contribution in [1.82, 2.24) is 4.98 Å². The van der Waals surface area contributed by atoms with E-state index >= 15 is 0 Å². The van der Waals surface area contributed by atoms with Crippen LogP contribution in [0.4, 0.5) is 0 Å². The summed E-state index contributed by atoms with van der Waals surface area (Å²) < 4.78 is 0. The quantitative estimate of drug-likeness (QED) is 0.682. The lowest BCUT2D eigenvalue weighted by Crippen LogP contribution is -2.00. The van der Waals surface area contributed by atoms with Crippen molar-refractivity contribution in [2.45, 2.75) is 19.4 Å². The van der Waals surface area contributed by atoms with Crippen molar-refractivity contribution in [3.05, 3.63) is 59.7 Å². The summed E-state index contributed by atoms with van der Waals surface area (Å²) in [6, 6.07) is 16.8. The summed E-state index contributed by atoms with van der Waals surface area (Å²) in [7, 11) is 0. The van der Waals surface area contributed by atoms with E-state index in [9.17, 15) is 5.11 Å². The number of rotatable bonds is 1. The SMILES string of the molecule is CC1Cc2c(-c3cc4ccccc4[nH]3)cccc2C1O. The standard InChI is InChI=1S/C18H17NO/c1-11-9-15-13(6-4-7-14(15)18(11)20)17-10-12-5-2-3-8-16(12)19-17/h2-8,10-11,18-20H,9H2,1H3. The van der Waals surface area contributed by atoms with Crippen molar-refractivity contribution >= 4 is 10.9 Å². The molecule has 2 unspecified atom stereocenters. The van der Waals surface area contributed by atoms with Gasteiger partial charge in [0.1, 0.15) is 0 Å². The van der Waals surface area contributed by atoms with E-state index in [-0.39, 0.29) is 6.10 Å². The fourth-order valence-electron chi connectivity index (χ4n) is 3.32. The van der Waals surface area contributed by atoms with Crippen LogP contribution in [-0.4, -0.2) is 10.1 Å². The average molecular weight is 263 g/mol. The Bertz CT molecular complexity index is 754. The van der Waals surface area contributed by atoms with Gasteiger partial charge >= 0.3 is 0 Å². The van der Waals surface area contributed by atoms with Crippen LogP contribution in [0.1, 0.15) is 24.2 Å². The number of aromatic amines is 1. The van der Waals surface area contributed by atoms with Gasteiger partial charge in [0.05, 0.1) is 6.10 Å². The lowest BCUT2D eigenvalue weighted by atomic mass is 10.0. The molecule has 0 spiro atoms. The summed E-state index contributed by atoms with van der Waals surface area (Å²) in [6.07, 6.45) is 0.622. The molecule has 0 aliphatic heterocycles. The van der Waals surface area contributed by atoms with E-state index < -0.39 is 0 Å². The summed E-state index contributed by atoms with van der Waals surface area (Å²) in [5.74, 6) is 0.301. The minimum Gasteiger partial charge on any atom is -0.388 e. The van der Waals surface area contributed by atoms with Crippen molar-refractivity contribution in [3.8, 4) is 11.3 Å². The summed E-state index contributed by atoms with van der Waals surface area (Å²) >= 11 is 0. The Hall–Kier alpha value is -2.06. The zero-order valence-corrected chi connectivity index (χ0v) is 11.4. The number of benzene rings is 2. The van der Waals surface area contributed by atoms with Crippen LogP contribution in [0.2, 0.25) is 0 Å². The first-order valence-electron chi connectivity index (χ1n) is 7.12. The second-order valence-corrected chi connectivity index (χ2v) is 5.77. The van der Waals surface area contributed by atoms with Gasteiger partial charge in [-0.15, -0.1) is 0 Å². The van der Waals surface area contributed by atoms with Crippen molar-refractivity contribution in [3.63, 3.8) is 0 Å². The molecule has 0 radical (unpaired) electrons. The van der Waals surface area contributed by atoms with Gasteiger partial charge in [0.25, 0.3) is 0 Å². The van der Waals surface area contributed by atoms with E-state index in [1.54, 1.807) is 0 Å². The monoisotopic (exact) mass is 263 g/mol. The topological polar surface area (TPSA) is 36.0 Å². The maximum Gasteiger partial charge on any atom is 0.0821 e. The van der Waals surface area contributed by atoms with Crippen LogP contribution < -0.4 is 0 Å². The van der Waals surface area contributed by atoms with E-state index in [1.165, 1.54) is 16.5 Å². The largest absolute Gasteiger partial charge is 0.388 e. The van der Waals surface area contributed by atoms with Crippen LogP contribution in [0.25, 0.3) is 22.2 Å². The van der Waals surface area contributed by atoms with E-state index in [1.807, 2.05) is 12.1 Å². The predicted octanol–water partition coefficient (Wildman–Crippen LogP) is 4.06. The van der Waals surface area contributed by atoms with Crippen molar-refractivity contribution in [2.75, 3.05) is 0 Å². The number of fused-ring (bicyclic) bond motifs is 2. The highest BCUT2D eigenvalue weighted by Crippen LogP contribution is 2.41. The first-order valence-corrected chi connectivity index (χ1v) is 7.12. The van der Waals surface area contributed by atoms with Crippen molar-refractivity contribution in [1.29, 1.82) is 0 Å². The molecule has 0 amide bonds. The Morgan fingerprint density at radius 1 is 1.10 bits per heavy atom. The molecule has 1 aliphatic carbocycles. The fourth-order valence-corrected chi connectivity index (χ4v) is 3.32. The van der Waals surface area contributed by atoms with Gasteiger partial charge in [-0.2, -0.15) is 0 Å². The molecule has 20 heavy (non-hydrogen) atoms. The first kappa shape index (κ1) is 11.7. The molecular formula is C18H17NO. The van der Waals surface area contributed by atoms with Gasteiger partial charge in [-0.1, -0.05) is 43.3 Å². The minimum atomic E-state index is -0.325. The molecule has 2 atom stereocenters. The van der Waals surface area contributed by atoms with Crippen molar-refractivity contribution < 1.29 is 5.11 Å². The summed E-state index contributed by atoms with van der Waals surface area (Å²) in [5.41, 5.74) is 5.91. The number of aliphatic hydroxyl groups excluding tert-OH is 1. The van der Waals surface area contributed by atoms with E-state index in [0.29, 0.717) is 5.92 Å². The van der Waals surface area contributed by atoms with Crippen LogP contribution in [0.3, 0.4) is 0 Å². The molecule has 0 saturated heterocycles. The van der Waals surface area contributed by atoms with Gasteiger partial charge < -0.3 is 10.1 Å². The molecule has 2 nitrogen and oxygen atoms in total. The second kappa shape index (κ2) is 4.22. The highest BCUT2D eigenvalue weighted by molar-refractivity contribution is 5.86. The Morgan fingerprint density at radius 3 is 2.80 bits per heavy atom. The van der Waals surface area contributed by atoms with Crippen LogP contribution in [0.5, 0.6) is 0 Å². The molecule has 1 aromatic heterocycles. The van der Waals surface area contributed by atoms with Crippen LogP contribution in [0.15, 0.2) is 48.5 Å². The Labute approximate surface area is 118 Å². The number of aliphatic hydroxyl groups is 1. The van der Waals surface area contributed by atoms with E-state index in [4.69, 9.17) is 0 Å². The maximum absolute atomic E-state index is 10.3. The molecule has 2 N–H and O–H groups in total. The number of nitrogens with one attached hydrogen (secondary N) is 1. The minimum absolute atomic E-state index is 0.301. The van der Waals surface area contributed by atoms with Crippen LogP contribution in [0, 0.1) is 5.92 Å². The molecule has 100 valence electrons. The second-order valence-electron chi connectivity index (χ2n) is 5.77. The summed E-state index contributed by atoms with van der Waals surface area (Å²) in [6.45, 7) is 2.11. The Kier molecular flexibility index (Phi) is 2.48. The Balaban J connectivity index is 1.91. The normalized spacial score (nSPS) is 21.3. The molecule has 1 aliphatic rings. The third kappa shape index (κ3) is 1.61. The molecule has 2 aromatic carbocycles. The van der Waals surface area contributed by atoms with Gasteiger partial charge in [-0.3, -0.25) is 0 Å². The highest BCUT2D eigenvalue weighted by Gasteiger charge is 2.29. The summed E-state index contributed by atoms with van der Waals surface area (Å²) in [4.78, 5) is 3.49. The molecule has 3 aromatic rings. The number of hydrogen-bond acceptors (Lipinski definition) is 1. The Morgan fingerprint density at radius 2 is 1.95 bits per heavy atom. The molecule has 2 heteroatoms. The smallest absolute Gasteiger partial charge is 0.0821 e. The fraction of sp³-hybridized carbons (Fsp3) is 0.222. The van der Waals surface area contributed by atoms with Gasteiger partial charge in [0.2, 0.25) is 0 Å². The molecular weight excluding hydrogens is 246 g/mol. The zero-order valence-electron chi connectivity index (χ0n) is 11.4. The number of aromatic nitrogens is 1. The van der Waals surface area contributed by atoms with Gasteiger partial charge in [0, 0.05) is 22.2 Å². The average Bonchev–Trinajstić information content (AvgIpc) is 3.01. The third-order valence-corrected chi connectivity index (χ3v) is 4.42. The summed E-state index contributed by atoms with van der Waals surface area (Å²) in [5, 5.41) is 11.5. The van der Waals surface area contributed by atoms with E-state index in [0.717, 1.165) is 23.2 Å². The molecule has 1 heterocycles. The van der Waals surface area contributed by atoms with Crippen LogP contribution >= 0.6 is 0 Å². The molecule has 4 rings (SSSR count). The third-order valence-electron chi connectivity index (χ3n) is 4.42. The molecule has 0 bridgehead atoms. The zero-order chi connectivity index (χ0) is 13.7. The van der Waals surface area contributed by atoms with Crippen LogP contribution in [-0.2, 0) is 6.42 Å². The maximum atomic E-state index is 10.3. The van der Waals surface area contributed by atoms with Gasteiger partial charge in [0.15, 0.2) is 0 Å². The predicted molar refractivity (Wildman–Crippen MR) is 81.6 cm³/mol. The highest BCUT2D eigenvalue weighted by atomic mass is 16.3. The van der Waals surface area contributed by atoms with E-state index in [2.05, 4.69) is 48.3 Å². The number of H-pyrrole nitrogens is 1. The molecule has 0 saturated carbocycles. The molecule has 0 fully saturated rings. The first-order chi connectivity index (χ1) is 9.74. The number of hydrogen-bond donors (Lipinski definition) is 2. The lowest BCUT2D eigenvalue weighted by molar-refractivity contribution is 0.133.